The van der Waals surface area contributed by atoms with Gasteiger partial charge in [-0.3, -0.25) is 14.5 Å². The number of nitrogens with zero attached hydrogens (tertiary/aromatic N) is 2. The molecule has 7 nitrogen and oxygen atoms in total. The minimum absolute atomic E-state index is 0.0568. The summed E-state index contributed by atoms with van der Waals surface area (Å²) in [5.41, 5.74) is 0.565. The number of thiazole rings is 1. The molecule has 1 N–H and O–H groups in total. The van der Waals surface area contributed by atoms with E-state index in [1.165, 1.54) is 11.3 Å². The van der Waals surface area contributed by atoms with Crippen molar-refractivity contribution >= 4 is 33.9 Å². The van der Waals surface area contributed by atoms with Crippen LogP contribution in [-0.2, 0) is 14.3 Å². The Labute approximate surface area is 168 Å². The quantitative estimate of drug-likeness (QED) is 0.581. The maximum Gasteiger partial charge on any atom is 0.240 e. The number of hydrogen-bond donors (Lipinski definition) is 1. The standard InChI is InChI=1S/C20H25N3O4S/c24-16(13-23-8-2-1-3-9-23)21-20-22-17(15-5-4-10-27-15)19(28-20)18(25)14-6-11-26-12-7-14/h1-2,5,14H,3-4,6-13H2,(H,21,22,24). The topological polar surface area (TPSA) is 80.8 Å². The van der Waals surface area contributed by atoms with Gasteiger partial charge in [0.1, 0.15) is 16.3 Å². The Morgan fingerprint density at radius 1 is 1.21 bits per heavy atom. The van der Waals surface area contributed by atoms with Gasteiger partial charge in [-0.25, -0.2) is 4.98 Å². The van der Waals surface area contributed by atoms with Crippen LogP contribution in [0.15, 0.2) is 18.2 Å². The molecule has 0 unspecified atom stereocenters. The molecule has 4 heterocycles. The van der Waals surface area contributed by atoms with E-state index in [2.05, 4.69) is 27.4 Å². The fraction of sp³-hybridized carbons (Fsp3) is 0.550. The third kappa shape index (κ3) is 4.51. The summed E-state index contributed by atoms with van der Waals surface area (Å²) in [7, 11) is 0. The van der Waals surface area contributed by atoms with Crippen molar-refractivity contribution in [3.05, 3.63) is 28.8 Å². The first kappa shape index (κ1) is 19.3. The number of carbonyl (C=O) groups excluding carboxylic acids is 2. The van der Waals surface area contributed by atoms with Crippen LogP contribution in [0, 0.1) is 5.92 Å². The first-order valence-corrected chi connectivity index (χ1v) is 10.7. The number of amides is 1. The predicted molar refractivity (Wildman–Crippen MR) is 107 cm³/mol. The van der Waals surface area contributed by atoms with Crippen LogP contribution in [0.5, 0.6) is 0 Å². The fourth-order valence-electron chi connectivity index (χ4n) is 3.63. The highest BCUT2D eigenvalue weighted by atomic mass is 32.1. The third-order valence-corrected chi connectivity index (χ3v) is 6.12. The van der Waals surface area contributed by atoms with Gasteiger partial charge in [-0.2, -0.15) is 0 Å². The largest absolute Gasteiger partial charge is 0.491 e. The molecular weight excluding hydrogens is 378 g/mol. The third-order valence-electron chi connectivity index (χ3n) is 5.14. The highest BCUT2D eigenvalue weighted by molar-refractivity contribution is 7.18. The van der Waals surface area contributed by atoms with Crippen molar-refractivity contribution in [3.63, 3.8) is 0 Å². The average Bonchev–Trinajstić information content (AvgIpc) is 3.38. The molecule has 1 aromatic heterocycles. The number of rotatable bonds is 6. The van der Waals surface area contributed by atoms with Gasteiger partial charge < -0.3 is 14.8 Å². The number of anilines is 1. The molecule has 0 atom stereocenters. The van der Waals surface area contributed by atoms with Crippen molar-refractivity contribution in [3.8, 4) is 0 Å². The van der Waals surface area contributed by atoms with Crippen molar-refractivity contribution in [1.82, 2.24) is 9.88 Å². The SMILES string of the molecule is O=C(CN1CC=CCC1)Nc1nc(C2=CCCO2)c(C(=O)C2CCOCC2)s1. The van der Waals surface area contributed by atoms with E-state index in [9.17, 15) is 9.59 Å². The van der Waals surface area contributed by atoms with Crippen LogP contribution < -0.4 is 5.32 Å². The molecule has 28 heavy (non-hydrogen) atoms. The highest BCUT2D eigenvalue weighted by Crippen LogP contribution is 2.34. The number of carbonyl (C=O) groups is 2. The Kier molecular flexibility index (Phi) is 6.19. The van der Waals surface area contributed by atoms with Gasteiger partial charge in [0.15, 0.2) is 10.9 Å². The minimum atomic E-state index is -0.109. The van der Waals surface area contributed by atoms with Crippen molar-refractivity contribution in [2.24, 2.45) is 5.92 Å². The van der Waals surface area contributed by atoms with E-state index in [1.54, 1.807) is 0 Å². The Balaban J connectivity index is 1.50. The molecule has 1 amide bonds. The van der Waals surface area contributed by atoms with E-state index in [-0.39, 0.29) is 17.6 Å². The number of hydrogen-bond acceptors (Lipinski definition) is 7. The number of Topliss-reactive ketones (excluding diaryl/α,β-unsaturated/α-hetero) is 1. The molecule has 3 aliphatic rings. The van der Waals surface area contributed by atoms with E-state index < -0.39 is 0 Å². The monoisotopic (exact) mass is 403 g/mol. The summed E-state index contributed by atoms with van der Waals surface area (Å²) in [5.74, 6) is 0.558. The summed E-state index contributed by atoms with van der Waals surface area (Å²) in [6, 6.07) is 0. The number of aromatic nitrogens is 1. The van der Waals surface area contributed by atoms with E-state index in [0.717, 1.165) is 38.8 Å². The van der Waals surface area contributed by atoms with E-state index >= 15 is 0 Å². The molecule has 1 saturated heterocycles. The van der Waals surface area contributed by atoms with Crippen molar-refractivity contribution < 1.29 is 19.1 Å². The van der Waals surface area contributed by atoms with Gasteiger partial charge in [0, 0.05) is 38.6 Å². The van der Waals surface area contributed by atoms with Gasteiger partial charge in [-0.05, 0) is 25.3 Å². The van der Waals surface area contributed by atoms with E-state index in [1.807, 2.05) is 6.08 Å². The van der Waals surface area contributed by atoms with Crippen molar-refractivity contribution in [1.29, 1.82) is 0 Å². The van der Waals surface area contributed by atoms with Crippen LogP contribution in [0.4, 0.5) is 5.13 Å². The van der Waals surface area contributed by atoms with Gasteiger partial charge in [0.25, 0.3) is 0 Å². The van der Waals surface area contributed by atoms with E-state index in [4.69, 9.17) is 9.47 Å². The zero-order chi connectivity index (χ0) is 19.3. The lowest BCUT2D eigenvalue weighted by atomic mass is 9.94. The van der Waals surface area contributed by atoms with Gasteiger partial charge in [0.05, 0.1) is 13.2 Å². The first-order chi connectivity index (χ1) is 13.7. The molecule has 0 bridgehead atoms. The molecule has 4 rings (SSSR count). The second-order valence-corrected chi connectivity index (χ2v) is 8.20. The Bertz CT molecular complexity index is 795. The summed E-state index contributed by atoms with van der Waals surface area (Å²) in [5, 5.41) is 3.33. The van der Waals surface area contributed by atoms with E-state index in [0.29, 0.717) is 47.8 Å². The molecule has 0 aliphatic carbocycles. The molecule has 1 fully saturated rings. The fourth-order valence-corrected chi connectivity index (χ4v) is 4.64. The van der Waals surface area contributed by atoms with Gasteiger partial charge in [0.2, 0.25) is 5.91 Å². The van der Waals surface area contributed by atoms with Gasteiger partial charge in [-0.15, -0.1) is 0 Å². The summed E-state index contributed by atoms with van der Waals surface area (Å²) < 4.78 is 11.0. The number of ether oxygens (including phenoxy) is 2. The maximum atomic E-state index is 13.1. The maximum absolute atomic E-state index is 13.1. The lowest BCUT2D eigenvalue weighted by molar-refractivity contribution is -0.117. The second-order valence-electron chi connectivity index (χ2n) is 7.20. The smallest absolute Gasteiger partial charge is 0.240 e. The van der Waals surface area contributed by atoms with Crippen molar-refractivity contribution in [2.45, 2.75) is 25.7 Å². The van der Waals surface area contributed by atoms with Crippen LogP contribution in [0.3, 0.4) is 0 Å². The first-order valence-electron chi connectivity index (χ1n) is 9.84. The van der Waals surface area contributed by atoms with Crippen LogP contribution in [-0.4, -0.2) is 61.0 Å². The lowest BCUT2D eigenvalue weighted by Gasteiger charge is -2.21. The number of ketones is 1. The zero-order valence-electron chi connectivity index (χ0n) is 15.8. The average molecular weight is 404 g/mol. The van der Waals surface area contributed by atoms with Gasteiger partial charge in [-0.1, -0.05) is 23.5 Å². The van der Waals surface area contributed by atoms with Crippen LogP contribution in [0.1, 0.15) is 41.0 Å². The summed E-state index contributed by atoms with van der Waals surface area (Å²) in [4.78, 5) is 32.7. The normalized spacial score (nSPS) is 20.6. The van der Waals surface area contributed by atoms with Crippen LogP contribution >= 0.6 is 11.3 Å². The Hall–Kier alpha value is -2.03. The van der Waals surface area contributed by atoms with Crippen LogP contribution in [0.25, 0.3) is 5.76 Å². The number of nitrogens with one attached hydrogen (secondary N) is 1. The van der Waals surface area contributed by atoms with Crippen LogP contribution in [0.2, 0.25) is 0 Å². The lowest BCUT2D eigenvalue weighted by Crippen LogP contribution is -2.35. The molecule has 150 valence electrons. The van der Waals surface area contributed by atoms with Crippen molar-refractivity contribution in [2.75, 3.05) is 44.8 Å². The molecule has 8 heteroatoms. The minimum Gasteiger partial charge on any atom is -0.491 e. The molecule has 0 spiro atoms. The molecule has 0 aromatic carbocycles. The predicted octanol–water partition coefficient (Wildman–Crippen LogP) is 2.71. The van der Waals surface area contributed by atoms with Gasteiger partial charge >= 0.3 is 0 Å². The molecule has 0 radical (unpaired) electrons. The second kappa shape index (κ2) is 8.98. The highest BCUT2D eigenvalue weighted by Gasteiger charge is 2.30. The Morgan fingerprint density at radius 3 is 2.79 bits per heavy atom. The molecular formula is C20H25N3O4S. The summed E-state index contributed by atoms with van der Waals surface area (Å²) in [6.07, 6.45) is 9.38. The Morgan fingerprint density at radius 2 is 2.07 bits per heavy atom. The zero-order valence-corrected chi connectivity index (χ0v) is 16.6. The molecule has 1 aromatic rings. The molecule has 3 aliphatic heterocycles. The summed E-state index contributed by atoms with van der Waals surface area (Å²) >= 11 is 1.25. The molecule has 0 saturated carbocycles. The summed E-state index contributed by atoms with van der Waals surface area (Å²) in [6.45, 7) is 3.80.